The normalized spacial score (nSPS) is 13.6. The first kappa shape index (κ1) is 31.2. The smallest absolute Gasteiger partial charge is 0.422 e. The van der Waals surface area contributed by atoms with Gasteiger partial charge >= 0.3 is 6.18 Å². The van der Waals surface area contributed by atoms with E-state index >= 15 is 0 Å². The SMILES string of the molecule is C[C@H](Cc1cc2c(c(C(N)=O)c1)N(CCCOCc1ccccc1)CC2)NCCOc1ccccc1OCC(F)(F)F. The molecular formula is C32H38F3N3O4. The van der Waals surface area contributed by atoms with Crippen LogP contribution in [0.1, 0.15) is 40.4 Å². The number of hydrogen-bond donors (Lipinski definition) is 2. The second kappa shape index (κ2) is 14.9. The van der Waals surface area contributed by atoms with E-state index in [1.54, 1.807) is 18.2 Å². The summed E-state index contributed by atoms with van der Waals surface area (Å²) < 4.78 is 53.9. The van der Waals surface area contributed by atoms with E-state index < -0.39 is 18.7 Å². The summed E-state index contributed by atoms with van der Waals surface area (Å²) >= 11 is 0. The summed E-state index contributed by atoms with van der Waals surface area (Å²) in [6.45, 7) is 4.19. The van der Waals surface area contributed by atoms with Crippen LogP contribution >= 0.6 is 0 Å². The minimum absolute atomic E-state index is 0.0498. The van der Waals surface area contributed by atoms with Crippen LogP contribution in [0.2, 0.25) is 0 Å². The van der Waals surface area contributed by atoms with Gasteiger partial charge in [0, 0.05) is 32.3 Å². The molecule has 42 heavy (non-hydrogen) atoms. The van der Waals surface area contributed by atoms with Crippen LogP contribution in [0.15, 0.2) is 66.7 Å². The number of nitrogens with zero attached hydrogens (tertiary/aromatic N) is 1. The van der Waals surface area contributed by atoms with Crippen molar-refractivity contribution in [3.8, 4) is 11.5 Å². The maximum atomic E-state index is 12.5. The minimum atomic E-state index is -4.42. The molecule has 0 unspecified atom stereocenters. The van der Waals surface area contributed by atoms with Crippen LogP contribution < -0.4 is 25.4 Å². The predicted molar refractivity (Wildman–Crippen MR) is 156 cm³/mol. The average Bonchev–Trinajstić information content (AvgIpc) is 3.37. The van der Waals surface area contributed by atoms with Gasteiger partial charge in [-0.3, -0.25) is 4.79 Å². The molecule has 226 valence electrons. The molecule has 3 aromatic rings. The summed E-state index contributed by atoms with van der Waals surface area (Å²) in [5, 5.41) is 3.37. The lowest BCUT2D eigenvalue weighted by atomic mass is 9.98. The number of carbonyl (C=O) groups is 1. The fourth-order valence-corrected chi connectivity index (χ4v) is 5.08. The number of carbonyl (C=O) groups excluding carboxylic acids is 1. The maximum Gasteiger partial charge on any atom is 0.422 e. The third-order valence-corrected chi connectivity index (χ3v) is 6.94. The van der Waals surface area contributed by atoms with E-state index in [1.807, 2.05) is 43.3 Å². The molecule has 3 N–H and O–H groups in total. The number of para-hydroxylation sites is 2. The van der Waals surface area contributed by atoms with Gasteiger partial charge < -0.3 is 30.2 Å². The van der Waals surface area contributed by atoms with Crippen LogP contribution in [-0.4, -0.2) is 57.6 Å². The summed E-state index contributed by atoms with van der Waals surface area (Å²) in [6.07, 6.45) is -2.06. The van der Waals surface area contributed by atoms with Crippen LogP contribution in [-0.2, 0) is 24.2 Å². The lowest BCUT2D eigenvalue weighted by molar-refractivity contribution is -0.153. The molecule has 0 aliphatic carbocycles. The Morgan fingerprint density at radius 1 is 1.00 bits per heavy atom. The zero-order valence-electron chi connectivity index (χ0n) is 23.8. The van der Waals surface area contributed by atoms with Gasteiger partial charge in [0.1, 0.15) is 6.61 Å². The van der Waals surface area contributed by atoms with Crippen molar-refractivity contribution in [3.05, 3.63) is 89.0 Å². The Labute approximate surface area is 244 Å². The second-order valence-corrected chi connectivity index (χ2v) is 10.4. The number of benzene rings is 3. The van der Waals surface area contributed by atoms with E-state index in [4.69, 9.17) is 19.9 Å². The highest BCUT2D eigenvalue weighted by Gasteiger charge is 2.29. The Morgan fingerprint density at radius 2 is 1.71 bits per heavy atom. The molecule has 7 nitrogen and oxygen atoms in total. The van der Waals surface area contributed by atoms with Crippen LogP contribution in [0.5, 0.6) is 11.5 Å². The van der Waals surface area contributed by atoms with Gasteiger partial charge in [-0.25, -0.2) is 0 Å². The molecule has 1 atom stereocenters. The number of nitrogens with one attached hydrogen (secondary N) is 1. The van der Waals surface area contributed by atoms with Crippen molar-refractivity contribution >= 4 is 11.6 Å². The Kier molecular flexibility index (Phi) is 11.1. The quantitative estimate of drug-likeness (QED) is 0.222. The average molecular weight is 586 g/mol. The molecule has 3 aromatic carbocycles. The summed E-state index contributed by atoms with van der Waals surface area (Å²) in [5.74, 6) is -0.136. The summed E-state index contributed by atoms with van der Waals surface area (Å²) in [4.78, 5) is 14.6. The number of fused-ring (bicyclic) bond motifs is 1. The fraction of sp³-hybridized carbons (Fsp3) is 0.406. The van der Waals surface area contributed by atoms with Gasteiger partial charge in [0.25, 0.3) is 5.91 Å². The molecule has 1 aliphatic rings. The van der Waals surface area contributed by atoms with Crippen molar-refractivity contribution in [1.29, 1.82) is 0 Å². The Balaban J connectivity index is 1.25. The van der Waals surface area contributed by atoms with E-state index in [0.717, 1.165) is 48.3 Å². The number of halogens is 3. The molecule has 0 spiro atoms. The van der Waals surface area contributed by atoms with Gasteiger partial charge in [0.2, 0.25) is 0 Å². The van der Waals surface area contributed by atoms with Gasteiger partial charge in [-0.1, -0.05) is 48.5 Å². The van der Waals surface area contributed by atoms with Crippen molar-refractivity contribution in [2.24, 2.45) is 5.73 Å². The van der Waals surface area contributed by atoms with Gasteiger partial charge in [0.05, 0.1) is 17.9 Å². The first-order valence-corrected chi connectivity index (χ1v) is 14.2. The Hall–Kier alpha value is -3.76. The third-order valence-electron chi connectivity index (χ3n) is 6.94. The van der Waals surface area contributed by atoms with Crippen LogP contribution in [0.3, 0.4) is 0 Å². The van der Waals surface area contributed by atoms with Gasteiger partial charge in [-0.15, -0.1) is 0 Å². The molecule has 10 heteroatoms. The van der Waals surface area contributed by atoms with Gasteiger partial charge in [-0.2, -0.15) is 13.2 Å². The predicted octanol–water partition coefficient (Wildman–Crippen LogP) is 5.30. The Morgan fingerprint density at radius 3 is 2.43 bits per heavy atom. The molecule has 1 aliphatic heterocycles. The summed E-state index contributed by atoms with van der Waals surface area (Å²) in [6, 6.07) is 20.4. The third kappa shape index (κ3) is 9.39. The summed E-state index contributed by atoms with van der Waals surface area (Å²) in [7, 11) is 0. The van der Waals surface area contributed by atoms with Crippen LogP contribution in [0.4, 0.5) is 18.9 Å². The molecule has 1 heterocycles. The number of alkyl halides is 3. The number of rotatable bonds is 16. The number of amides is 1. The van der Waals surface area contributed by atoms with Crippen molar-refractivity contribution in [3.63, 3.8) is 0 Å². The molecular weight excluding hydrogens is 547 g/mol. The lowest BCUT2D eigenvalue weighted by Crippen LogP contribution is -2.32. The number of ether oxygens (including phenoxy) is 3. The first-order valence-electron chi connectivity index (χ1n) is 14.2. The zero-order valence-corrected chi connectivity index (χ0v) is 23.8. The van der Waals surface area contributed by atoms with E-state index in [0.29, 0.717) is 31.7 Å². The van der Waals surface area contributed by atoms with E-state index in [9.17, 15) is 18.0 Å². The molecule has 1 amide bonds. The maximum absolute atomic E-state index is 12.5. The number of hydrogen-bond acceptors (Lipinski definition) is 6. The molecule has 0 saturated heterocycles. The molecule has 0 fully saturated rings. The van der Waals surface area contributed by atoms with Crippen molar-refractivity contribution in [1.82, 2.24) is 5.32 Å². The zero-order chi connectivity index (χ0) is 30.0. The van der Waals surface area contributed by atoms with E-state index in [2.05, 4.69) is 16.3 Å². The molecule has 0 radical (unpaired) electrons. The highest BCUT2D eigenvalue weighted by molar-refractivity contribution is 6.00. The second-order valence-electron chi connectivity index (χ2n) is 10.4. The molecule has 0 aromatic heterocycles. The largest absolute Gasteiger partial charge is 0.488 e. The van der Waals surface area contributed by atoms with E-state index in [-0.39, 0.29) is 24.1 Å². The van der Waals surface area contributed by atoms with Crippen molar-refractivity contribution < 1.29 is 32.2 Å². The number of anilines is 1. The number of primary amides is 1. The van der Waals surface area contributed by atoms with Crippen LogP contribution in [0, 0.1) is 0 Å². The molecule has 4 rings (SSSR count). The monoisotopic (exact) mass is 585 g/mol. The molecule has 0 saturated carbocycles. The highest BCUT2D eigenvalue weighted by atomic mass is 19.4. The highest BCUT2D eigenvalue weighted by Crippen LogP contribution is 2.34. The van der Waals surface area contributed by atoms with E-state index in [1.165, 1.54) is 6.07 Å². The van der Waals surface area contributed by atoms with Gasteiger partial charge in [0.15, 0.2) is 18.1 Å². The lowest BCUT2D eigenvalue weighted by Gasteiger charge is -2.22. The van der Waals surface area contributed by atoms with Crippen molar-refractivity contribution in [2.75, 3.05) is 44.4 Å². The standard InChI is InChI=1S/C32H38F3N3O4/c1-23(37-13-17-41-28-10-5-6-11-29(28)42-22-32(33,34)35)18-25-19-26-12-15-38(30(26)27(20-25)31(36)39)14-7-16-40-21-24-8-3-2-4-9-24/h2-6,8-11,19-20,23,37H,7,12-18,21-22H2,1H3,(H2,36,39)/t23-/m1/s1. The number of nitrogens with two attached hydrogens (primary N) is 1. The minimum Gasteiger partial charge on any atom is -0.488 e. The van der Waals surface area contributed by atoms with Crippen molar-refractivity contribution in [2.45, 2.75) is 45.0 Å². The Bertz CT molecular complexity index is 1300. The summed E-state index contributed by atoms with van der Waals surface area (Å²) in [5.41, 5.74) is 10.6. The fourth-order valence-electron chi connectivity index (χ4n) is 5.08. The van der Waals surface area contributed by atoms with Crippen LogP contribution in [0.25, 0.3) is 0 Å². The molecule has 0 bridgehead atoms. The first-order chi connectivity index (χ1) is 20.2. The van der Waals surface area contributed by atoms with Gasteiger partial charge in [-0.05, 0) is 61.1 Å². The topological polar surface area (TPSA) is 86.1 Å².